The van der Waals surface area contributed by atoms with E-state index in [0.29, 0.717) is 5.69 Å². The number of aromatic nitrogens is 1. The summed E-state index contributed by atoms with van der Waals surface area (Å²) < 4.78 is 0. The minimum atomic E-state index is 0.437. The lowest BCUT2D eigenvalue weighted by Crippen LogP contribution is -2.24. The number of nitrogens with zero attached hydrogens (tertiary/aromatic N) is 3. The smallest absolute Gasteiger partial charge is 0.140 e. The number of anilines is 2. The van der Waals surface area contributed by atoms with Gasteiger partial charge in [0, 0.05) is 25.8 Å². The number of pyridine rings is 1. The van der Waals surface area contributed by atoms with Crippen LogP contribution in [0.15, 0.2) is 48.7 Å². The molecule has 19 heavy (non-hydrogen) atoms. The minimum absolute atomic E-state index is 0.437. The number of para-hydroxylation sites is 1. The van der Waals surface area contributed by atoms with E-state index in [4.69, 9.17) is 5.26 Å². The molecule has 96 valence electrons. The Balaban J connectivity index is 1.81. The fourth-order valence-electron chi connectivity index (χ4n) is 1.74. The van der Waals surface area contributed by atoms with Crippen molar-refractivity contribution < 1.29 is 0 Å². The van der Waals surface area contributed by atoms with Crippen LogP contribution in [0, 0.1) is 11.3 Å². The Hall–Kier alpha value is -2.54. The minimum Gasteiger partial charge on any atom is -0.382 e. The van der Waals surface area contributed by atoms with Crippen LogP contribution in [0.2, 0.25) is 0 Å². The molecule has 0 atom stereocenters. The quantitative estimate of drug-likeness (QED) is 0.888. The van der Waals surface area contributed by atoms with Crippen molar-refractivity contribution in [2.75, 3.05) is 30.4 Å². The SMILES string of the molecule is CN(CCNc1ccc(C#N)nc1)c1ccccc1. The van der Waals surface area contributed by atoms with Gasteiger partial charge in [0.2, 0.25) is 0 Å². The van der Waals surface area contributed by atoms with Gasteiger partial charge in [0.15, 0.2) is 0 Å². The first kappa shape index (κ1) is 12.9. The summed E-state index contributed by atoms with van der Waals surface area (Å²) in [5.41, 5.74) is 2.56. The van der Waals surface area contributed by atoms with E-state index in [1.54, 1.807) is 12.3 Å². The molecule has 0 saturated carbocycles. The molecule has 1 heterocycles. The van der Waals surface area contributed by atoms with Gasteiger partial charge < -0.3 is 10.2 Å². The van der Waals surface area contributed by atoms with Gasteiger partial charge in [0.05, 0.1) is 11.9 Å². The molecule has 0 aliphatic carbocycles. The van der Waals surface area contributed by atoms with Crippen LogP contribution in [0.4, 0.5) is 11.4 Å². The Labute approximate surface area is 113 Å². The zero-order chi connectivity index (χ0) is 13.5. The molecule has 1 N–H and O–H groups in total. The predicted octanol–water partition coefficient (Wildman–Crippen LogP) is 2.50. The maximum absolute atomic E-state index is 8.66. The number of hydrogen-bond donors (Lipinski definition) is 1. The molecule has 2 rings (SSSR count). The second-order valence-electron chi connectivity index (χ2n) is 4.23. The lowest BCUT2D eigenvalue weighted by Gasteiger charge is -2.19. The molecule has 4 heteroatoms. The second kappa shape index (κ2) is 6.41. The molecule has 0 aliphatic heterocycles. The molecule has 0 bridgehead atoms. The largest absolute Gasteiger partial charge is 0.382 e. The lowest BCUT2D eigenvalue weighted by atomic mass is 10.3. The van der Waals surface area contributed by atoms with Gasteiger partial charge in [-0.2, -0.15) is 5.26 Å². The van der Waals surface area contributed by atoms with Crippen molar-refractivity contribution in [2.24, 2.45) is 0 Å². The number of likely N-dealkylation sites (N-methyl/N-ethyl adjacent to an activating group) is 1. The maximum atomic E-state index is 8.66. The average molecular weight is 252 g/mol. The summed E-state index contributed by atoms with van der Waals surface area (Å²) in [6.45, 7) is 1.71. The molecule has 0 spiro atoms. The van der Waals surface area contributed by atoms with Gasteiger partial charge >= 0.3 is 0 Å². The third-order valence-corrected chi connectivity index (χ3v) is 2.85. The standard InChI is InChI=1S/C15H16N4/c1-19(15-5-3-2-4-6-15)10-9-17-14-8-7-13(11-16)18-12-14/h2-8,12,17H,9-10H2,1H3. The molecule has 1 aromatic carbocycles. The summed E-state index contributed by atoms with van der Waals surface area (Å²) in [6.07, 6.45) is 1.68. The third kappa shape index (κ3) is 3.71. The van der Waals surface area contributed by atoms with Crippen LogP contribution in [0.5, 0.6) is 0 Å². The summed E-state index contributed by atoms with van der Waals surface area (Å²) in [7, 11) is 2.06. The number of nitrogens with one attached hydrogen (secondary N) is 1. The van der Waals surface area contributed by atoms with Crippen molar-refractivity contribution >= 4 is 11.4 Å². The first-order valence-electron chi connectivity index (χ1n) is 6.16. The van der Waals surface area contributed by atoms with E-state index in [1.807, 2.05) is 30.3 Å². The molecule has 2 aromatic rings. The van der Waals surface area contributed by atoms with Gasteiger partial charge in [0.25, 0.3) is 0 Å². The van der Waals surface area contributed by atoms with E-state index in [2.05, 4.69) is 34.4 Å². The van der Waals surface area contributed by atoms with Crippen molar-refractivity contribution in [2.45, 2.75) is 0 Å². The van der Waals surface area contributed by atoms with Gasteiger partial charge in [0.1, 0.15) is 11.8 Å². The van der Waals surface area contributed by atoms with Gasteiger partial charge in [-0.05, 0) is 24.3 Å². The van der Waals surface area contributed by atoms with Crippen LogP contribution in [0.25, 0.3) is 0 Å². The maximum Gasteiger partial charge on any atom is 0.140 e. The molecule has 4 nitrogen and oxygen atoms in total. The Kier molecular flexibility index (Phi) is 4.35. The average Bonchev–Trinajstić information content (AvgIpc) is 2.49. The summed E-state index contributed by atoms with van der Waals surface area (Å²) in [4.78, 5) is 6.20. The lowest BCUT2D eigenvalue weighted by molar-refractivity contribution is 0.914. The first-order chi connectivity index (χ1) is 9.29. The van der Waals surface area contributed by atoms with Crippen LogP contribution in [0.1, 0.15) is 5.69 Å². The topological polar surface area (TPSA) is 52.0 Å². The summed E-state index contributed by atoms with van der Waals surface area (Å²) in [5, 5.41) is 11.9. The van der Waals surface area contributed by atoms with E-state index in [-0.39, 0.29) is 0 Å². The molecule has 0 amide bonds. The number of hydrogen-bond acceptors (Lipinski definition) is 4. The van der Waals surface area contributed by atoms with Crippen LogP contribution in [-0.2, 0) is 0 Å². The summed E-state index contributed by atoms with van der Waals surface area (Å²) >= 11 is 0. The highest BCUT2D eigenvalue weighted by Crippen LogP contribution is 2.10. The molecule has 0 unspecified atom stereocenters. The molecular weight excluding hydrogens is 236 g/mol. The van der Waals surface area contributed by atoms with Crippen molar-refractivity contribution in [3.8, 4) is 6.07 Å². The molecule has 0 fully saturated rings. The fourth-order valence-corrected chi connectivity index (χ4v) is 1.74. The van der Waals surface area contributed by atoms with Gasteiger partial charge in [-0.15, -0.1) is 0 Å². The number of rotatable bonds is 5. The summed E-state index contributed by atoms with van der Waals surface area (Å²) in [6, 6.07) is 15.8. The van der Waals surface area contributed by atoms with E-state index < -0.39 is 0 Å². The molecule has 0 radical (unpaired) electrons. The van der Waals surface area contributed by atoms with Gasteiger partial charge in [-0.1, -0.05) is 18.2 Å². The van der Waals surface area contributed by atoms with Crippen LogP contribution in [0.3, 0.4) is 0 Å². The van der Waals surface area contributed by atoms with Crippen LogP contribution in [-0.4, -0.2) is 25.1 Å². The van der Waals surface area contributed by atoms with Crippen molar-refractivity contribution in [1.29, 1.82) is 5.26 Å². The van der Waals surface area contributed by atoms with E-state index in [1.165, 1.54) is 5.69 Å². The monoisotopic (exact) mass is 252 g/mol. The summed E-state index contributed by atoms with van der Waals surface area (Å²) in [5.74, 6) is 0. The van der Waals surface area contributed by atoms with E-state index >= 15 is 0 Å². The normalized spacial score (nSPS) is 9.68. The zero-order valence-corrected chi connectivity index (χ0v) is 10.9. The van der Waals surface area contributed by atoms with Crippen molar-refractivity contribution in [3.63, 3.8) is 0 Å². The molecule has 0 saturated heterocycles. The number of benzene rings is 1. The van der Waals surface area contributed by atoms with E-state index in [9.17, 15) is 0 Å². The fraction of sp³-hybridized carbons (Fsp3) is 0.200. The van der Waals surface area contributed by atoms with E-state index in [0.717, 1.165) is 18.8 Å². The highest BCUT2D eigenvalue weighted by atomic mass is 15.1. The third-order valence-electron chi connectivity index (χ3n) is 2.85. The zero-order valence-electron chi connectivity index (χ0n) is 10.9. The second-order valence-corrected chi connectivity index (χ2v) is 4.23. The van der Waals surface area contributed by atoms with Crippen LogP contribution >= 0.6 is 0 Å². The van der Waals surface area contributed by atoms with Gasteiger partial charge in [-0.25, -0.2) is 4.98 Å². The molecule has 0 aliphatic rings. The Morgan fingerprint density at radius 2 is 2.00 bits per heavy atom. The Bertz CT molecular complexity index is 543. The van der Waals surface area contributed by atoms with Crippen molar-refractivity contribution in [3.05, 3.63) is 54.4 Å². The molecular formula is C15H16N4. The molecule has 1 aromatic heterocycles. The number of nitriles is 1. The van der Waals surface area contributed by atoms with Gasteiger partial charge in [-0.3, -0.25) is 0 Å². The van der Waals surface area contributed by atoms with Crippen molar-refractivity contribution in [1.82, 2.24) is 4.98 Å². The van der Waals surface area contributed by atoms with Crippen LogP contribution < -0.4 is 10.2 Å². The highest BCUT2D eigenvalue weighted by molar-refractivity contribution is 5.46. The predicted molar refractivity (Wildman–Crippen MR) is 77.2 cm³/mol. The Morgan fingerprint density at radius 3 is 2.63 bits per heavy atom. The Morgan fingerprint density at radius 1 is 1.21 bits per heavy atom. The first-order valence-corrected chi connectivity index (χ1v) is 6.16. The highest BCUT2D eigenvalue weighted by Gasteiger charge is 1.99.